The van der Waals surface area contributed by atoms with E-state index < -0.39 is 54.3 Å². The molecule has 2 saturated heterocycles. The number of guanidine groups is 1. The van der Waals surface area contributed by atoms with Crippen LogP contribution in [0.2, 0.25) is 0 Å². The molecule has 3 aliphatic rings. The van der Waals surface area contributed by atoms with Crippen LogP contribution in [0, 0.1) is 17.2 Å². The fourth-order valence-electron chi connectivity index (χ4n) is 9.59. The summed E-state index contributed by atoms with van der Waals surface area (Å²) in [5, 5.41) is 31.4. The average Bonchev–Trinajstić information content (AvgIpc) is 3.66. The van der Waals surface area contributed by atoms with Gasteiger partial charge in [-0.25, -0.2) is 0 Å². The Kier molecular flexibility index (Phi) is 16.7. The molecule has 3 aromatic carbocycles. The van der Waals surface area contributed by atoms with Gasteiger partial charge in [0, 0.05) is 31.0 Å². The average molecular weight is 863 g/mol. The number of nitrogens with one attached hydrogen (secondary N) is 6. The summed E-state index contributed by atoms with van der Waals surface area (Å²) in [6.45, 7) is 0.394. The maximum atomic E-state index is 14.5. The summed E-state index contributed by atoms with van der Waals surface area (Å²) in [7, 11) is 0. The Balaban J connectivity index is 1.17. The molecule has 6 atom stereocenters. The molecule has 2 heterocycles. The molecule has 4 unspecified atom stereocenters. The van der Waals surface area contributed by atoms with Gasteiger partial charge in [0.1, 0.15) is 24.2 Å². The van der Waals surface area contributed by atoms with Crippen LogP contribution in [-0.2, 0) is 35.2 Å². The molecule has 1 saturated carbocycles. The van der Waals surface area contributed by atoms with Crippen LogP contribution < -0.4 is 32.3 Å². The minimum atomic E-state index is -1.46. The molecule has 0 aromatic heterocycles. The van der Waals surface area contributed by atoms with Gasteiger partial charge in [0.15, 0.2) is 5.96 Å². The van der Waals surface area contributed by atoms with Gasteiger partial charge >= 0.3 is 5.97 Å². The zero-order valence-electron chi connectivity index (χ0n) is 35.8. The van der Waals surface area contributed by atoms with E-state index in [9.17, 15) is 33.9 Å². The van der Waals surface area contributed by atoms with Crippen molar-refractivity contribution in [3.8, 4) is 0 Å². The molecule has 336 valence electrons. The molecule has 1 aliphatic carbocycles. The van der Waals surface area contributed by atoms with Gasteiger partial charge in [-0.1, -0.05) is 110 Å². The van der Waals surface area contributed by atoms with Gasteiger partial charge in [-0.2, -0.15) is 0 Å². The van der Waals surface area contributed by atoms with Gasteiger partial charge in [-0.05, 0) is 80.4 Å². The van der Waals surface area contributed by atoms with Gasteiger partial charge in [0.25, 0.3) is 0 Å². The van der Waals surface area contributed by atoms with E-state index in [1.807, 2.05) is 91.0 Å². The summed E-state index contributed by atoms with van der Waals surface area (Å²) < 4.78 is 0. The van der Waals surface area contributed by atoms with Crippen LogP contribution in [0.3, 0.4) is 0 Å². The number of fused-ring (bicyclic) bond motifs is 1. The van der Waals surface area contributed by atoms with E-state index in [1.54, 1.807) is 4.90 Å². The SMILES string of the molecule is N=C(N)NCCCC(NC(=O)[C@@H]1CC(Cc2ccccc2)C2CCC(NC(=O)C3CCCCC3)C(=O)N21)C(=O)N[C@@H](CC(=O)O)C(=O)NCCC(c1ccccc1)c1ccccc1. The first kappa shape index (κ1) is 46.3. The third kappa shape index (κ3) is 12.9. The van der Waals surface area contributed by atoms with Crippen LogP contribution in [0.5, 0.6) is 0 Å². The smallest absolute Gasteiger partial charge is 0.305 e. The molecule has 15 heteroatoms. The second-order valence-electron chi connectivity index (χ2n) is 17.1. The fourth-order valence-corrected chi connectivity index (χ4v) is 9.59. The van der Waals surface area contributed by atoms with Crippen LogP contribution in [0.15, 0.2) is 91.0 Å². The van der Waals surface area contributed by atoms with E-state index in [0.29, 0.717) is 32.1 Å². The molecule has 0 radical (unpaired) electrons. The number of piperidine rings is 1. The Morgan fingerprint density at radius 3 is 1.98 bits per heavy atom. The second kappa shape index (κ2) is 22.7. The highest BCUT2D eigenvalue weighted by Crippen LogP contribution is 2.39. The van der Waals surface area contributed by atoms with Crippen molar-refractivity contribution in [3.63, 3.8) is 0 Å². The molecule has 0 bridgehead atoms. The Morgan fingerprint density at radius 2 is 1.37 bits per heavy atom. The number of hydrogen-bond donors (Lipinski definition) is 8. The third-order valence-electron chi connectivity index (χ3n) is 12.8. The third-order valence-corrected chi connectivity index (χ3v) is 12.8. The molecule has 3 aromatic rings. The first-order valence-electron chi connectivity index (χ1n) is 22.4. The molecule has 2 aliphatic heterocycles. The normalized spacial score (nSPS) is 20.8. The Labute approximate surface area is 369 Å². The topological polar surface area (TPSA) is 236 Å². The monoisotopic (exact) mass is 862 g/mol. The number of rotatable bonds is 20. The highest BCUT2D eigenvalue weighted by Gasteiger charge is 2.51. The first-order valence-corrected chi connectivity index (χ1v) is 22.4. The Morgan fingerprint density at radius 1 is 0.730 bits per heavy atom. The largest absolute Gasteiger partial charge is 0.481 e. The maximum absolute atomic E-state index is 14.5. The van der Waals surface area contributed by atoms with Crippen molar-refractivity contribution in [1.29, 1.82) is 5.41 Å². The zero-order valence-corrected chi connectivity index (χ0v) is 35.8. The van der Waals surface area contributed by atoms with Crippen molar-refractivity contribution in [2.24, 2.45) is 17.6 Å². The van der Waals surface area contributed by atoms with Crippen molar-refractivity contribution in [1.82, 2.24) is 31.5 Å². The summed E-state index contributed by atoms with van der Waals surface area (Å²) in [5.74, 6) is -4.30. The molecule has 15 nitrogen and oxygen atoms in total. The summed E-state index contributed by atoms with van der Waals surface area (Å²) in [4.78, 5) is 83.6. The molecule has 6 rings (SSSR count). The lowest BCUT2D eigenvalue weighted by Crippen LogP contribution is -2.61. The molecular weight excluding hydrogens is 801 g/mol. The summed E-state index contributed by atoms with van der Waals surface area (Å²) in [6, 6.07) is 24.9. The highest BCUT2D eigenvalue weighted by molar-refractivity contribution is 5.97. The van der Waals surface area contributed by atoms with Crippen molar-refractivity contribution in [2.45, 2.75) is 120 Å². The molecule has 9 N–H and O–H groups in total. The zero-order chi connectivity index (χ0) is 44.7. The number of aliphatic carboxylic acids is 1. The van der Waals surface area contributed by atoms with Crippen molar-refractivity contribution in [2.75, 3.05) is 13.1 Å². The van der Waals surface area contributed by atoms with Gasteiger partial charge in [-0.3, -0.25) is 34.2 Å². The first-order chi connectivity index (χ1) is 30.5. The van der Waals surface area contributed by atoms with Crippen LogP contribution >= 0.6 is 0 Å². The molecular formula is C48H62N8O7. The number of carboxylic acids is 1. The lowest BCUT2D eigenvalue weighted by atomic mass is 9.86. The maximum Gasteiger partial charge on any atom is 0.305 e. The van der Waals surface area contributed by atoms with Gasteiger partial charge in [0.2, 0.25) is 29.5 Å². The molecule has 0 spiro atoms. The van der Waals surface area contributed by atoms with Gasteiger partial charge < -0.3 is 42.3 Å². The van der Waals surface area contributed by atoms with E-state index in [-0.39, 0.29) is 67.5 Å². The number of nitrogens with two attached hydrogens (primary N) is 1. The standard InChI is InChI=1S/C48H62N8O7/c49-48(50)52-26-13-22-37(45(61)55-39(30-42(57)58)44(60)51-27-25-36(32-16-7-2-8-17-32)33-18-9-3-10-19-33)53-46(62)41-29-35(28-31-14-5-1-6-15-31)40-24-23-38(47(63)56(40)41)54-43(59)34-20-11-4-12-21-34/h1-3,5-10,14-19,34-41H,4,11-13,20-30H2,(H,51,60)(H,53,62)(H,54,59)(H,55,61)(H,57,58)(H4,49,50,52)/t35?,37?,38?,39-,40?,41-/m0/s1. The second-order valence-corrected chi connectivity index (χ2v) is 17.1. The lowest BCUT2D eigenvalue weighted by Gasteiger charge is -2.39. The van der Waals surface area contributed by atoms with Crippen LogP contribution in [0.25, 0.3) is 0 Å². The molecule has 63 heavy (non-hydrogen) atoms. The van der Waals surface area contributed by atoms with Crippen LogP contribution in [0.4, 0.5) is 0 Å². The highest BCUT2D eigenvalue weighted by atomic mass is 16.4. The van der Waals surface area contributed by atoms with E-state index in [1.165, 1.54) is 0 Å². The molecule has 3 fully saturated rings. The van der Waals surface area contributed by atoms with Gasteiger partial charge in [0.05, 0.1) is 6.42 Å². The van der Waals surface area contributed by atoms with Crippen molar-refractivity contribution >= 4 is 41.5 Å². The Hall–Kier alpha value is -6.25. The van der Waals surface area contributed by atoms with E-state index >= 15 is 0 Å². The number of hydrogen-bond acceptors (Lipinski definition) is 7. The van der Waals surface area contributed by atoms with E-state index in [4.69, 9.17) is 11.1 Å². The minimum Gasteiger partial charge on any atom is -0.481 e. The summed E-state index contributed by atoms with van der Waals surface area (Å²) >= 11 is 0. The number of carbonyl (C=O) groups excluding carboxylic acids is 5. The summed E-state index contributed by atoms with van der Waals surface area (Å²) in [6.07, 6.45) is 6.73. The minimum absolute atomic E-state index is 0.0483. The van der Waals surface area contributed by atoms with Crippen LogP contribution in [-0.4, -0.2) is 94.8 Å². The quantitative estimate of drug-likeness (QED) is 0.0469. The Bertz CT molecular complexity index is 1990. The number of carboxylic acid groups (broad SMARTS) is 1. The van der Waals surface area contributed by atoms with E-state index in [2.05, 4.69) is 26.6 Å². The lowest BCUT2D eigenvalue weighted by molar-refractivity contribution is -0.147. The fraction of sp³-hybridized carbons (Fsp3) is 0.479. The van der Waals surface area contributed by atoms with Crippen molar-refractivity contribution in [3.05, 3.63) is 108 Å². The summed E-state index contributed by atoms with van der Waals surface area (Å²) in [5.41, 5.74) is 8.66. The van der Waals surface area contributed by atoms with Crippen molar-refractivity contribution < 1.29 is 33.9 Å². The van der Waals surface area contributed by atoms with Gasteiger partial charge in [-0.15, -0.1) is 0 Å². The number of amides is 5. The number of nitrogens with zero attached hydrogens (tertiary/aromatic N) is 1. The van der Waals surface area contributed by atoms with E-state index in [0.717, 1.165) is 48.8 Å². The number of benzene rings is 3. The number of carbonyl (C=O) groups is 6. The predicted octanol–water partition coefficient (Wildman–Crippen LogP) is 3.72. The molecule has 5 amide bonds. The predicted molar refractivity (Wildman–Crippen MR) is 238 cm³/mol. The van der Waals surface area contributed by atoms with Crippen LogP contribution in [0.1, 0.15) is 99.7 Å².